The highest BCUT2D eigenvalue weighted by Gasteiger charge is 2.02. The number of aryl methyl sites for hydroxylation is 2. The molecule has 3 nitrogen and oxygen atoms in total. The Morgan fingerprint density at radius 3 is 2.56 bits per heavy atom. The summed E-state index contributed by atoms with van der Waals surface area (Å²) >= 11 is 0. The van der Waals surface area contributed by atoms with Crippen LogP contribution >= 0.6 is 0 Å². The fraction of sp³-hybridized carbons (Fsp3) is 0.167. The van der Waals surface area contributed by atoms with Crippen molar-refractivity contribution in [1.82, 2.24) is 9.97 Å². The van der Waals surface area contributed by atoms with Gasteiger partial charge in [-0.2, -0.15) is 4.39 Å². The van der Waals surface area contributed by atoms with Crippen LogP contribution in [0.4, 0.5) is 4.39 Å². The minimum absolute atomic E-state index is 0.204. The maximum Gasteiger partial charge on any atom is 0.225 e. The van der Waals surface area contributed by atoms with E-state index in [0.29, 0.717) is 5.75 Å². The van der Waals surface area contributed by atoms with Crippen LogP contribution < -0.4 is 4.74 Å². The third-order valence-electron chi connectivity index (χ3n) is 2.31. The average molecular weight is 218 g/mol. The molecule has 2 aromatic rings. The van der Waals surface area contributed by atoms with E-state index in [1.54, 1.807) is 0 Å². The van der Waals surface area contributed by atoms with Gasteiger partial charge in [0.05, 0.1) is 6.07 Å². The van der Waals surface area contributed by atoms with E-state index >= 15 is 0 Å². The molecule has 1 aromatic heterocycles. The Morgan fingerprint density at radius 1 is 1.06 bits per heavy atom. The maximum absolute atomic E-state index is 12.8. The van der Waals surface area contributed by atoms with E-state index in [4.69, 9.17) is 4.74 Å². The predicted octanol–water partition coefficient (Wildman–Crippen LogP) is 3.02. The van der Waals surface area contributed by atoms with Crippen LogP contribution in [0.1, 0.15) is 11.1 Å². The summed E-state index contributed by atoms with van der Waals surface area (Å²) in [5.41, 5.74) is 2.30. The van der Waals surface area contributed by atoms with Crippen LogP contribution in [0, 0.1) is 19.8 Å². The molecule has 0 fully saturated rings. The Labute approximate surface area is 92.9 Å². The largest absolute Gasteiger partial charge is 0.439 e. The number of rotatable bonds is 2. The summed E-state index contributed by atoms with van der Waals surface area (Å²) in [5, 5.41) is 0. The molecule has 0 saturated heterocycles. The second kappa shape index (κ2) is 4.26. The third-order valence-corrected chi connectivity index (χ3v) is 2.31. The molecule has 0 aliphatic carbocycles. The molecular weight excluding hydrogens is 207 g/mol. The standard InChI is InChI=1S/C12H11FN2O/c1-8-3-4-10(5-9(8)2)16-12-6-11(13)14-7-15-12/h3-7H,1-2H3. The number of hydrogen-bond donors (Lipinski definition) is 0. The Balaban J connectivity index is 2.24. The van der Waals surface area contributed by atoms with Crippen molar-refractivity contribution in [2.75, 3.05) is 0 Å². The Kier molecular flexibility index (Phi) is 2.81. The second-order valence-electron chi connectivity index (χ2n) is 3.53. The zero-order valence-electron chi connectivity index (χ0n) is 9.07. The molecule has 4 heteroatoms. The zero-order chi connectivity index (χ0) is 11.5. The van der Waals surface area contributed by atoms with E-state index in [0.717, 1.165) is 18.0 Å². The van der Waals surface area contributed by atoms with Crippen LogP contribution in [-0.2, 0) is 0 Å². The van der Waals surface area contributed by atoms with Crippen LogP contribution in [0.3, 0.4) is 0 Å². The number of hydrogen-bond acceptors (Lipinski definition) is 3. The topological polar surface area (TPSA) is 35.0 Å². The third kappa shape index (κ3) is 2.34. The van der Waals surface area contributed by atoms with Crippen molar-refractivity contribution in [3.8, 4) is 11.6 Å². The van der Waals surface area contributed by atoms with Crippen LogP contribution in [0.2, 0.25) is 0 Å². The summed E-state index contributed by atoms with van der Waals surface area (Å²) in [4.78, 5) is 7.17. The van der Waals surface area contributed by atoms with Gasteiger partial charge in [-0.1, -0.05) is 6.07 Å². The maximum atomic E-state index is 12.8. The van der Waals surface area contributed by atoms with E-state index in [1.165, 1.54) is 5.56 Å². The van der Waals surface area contributed by atoms with E-state index in [2.05, 4.69) is 9.97 Å². The summed E-state index contributed by atoms with van der Waals surface area (Å²) in [6, 6.07) is 6.80. The lowest BCUT2D eigenvalue weighted by molar-refractivity contribution is 0.450. The predicted molar refractivity (Wildman–Crippen MR) is 58.0 cm³/mol. The van der Waals surface area contributed by atoms with Gasteiger partial charge in [0.25, 0.3) is 0 Å². The number of aromatic nitrogens is 2. The molecule has 0 spiro atoms. The summed E-state index contributed by atoms with van der Waals surface area (Å²) in [6.07, 6.45) is 1.13. The van der Waals surface area contributed by atoms with Gasteiger partial charge in [-0.15, -0.1) is 0 Å². The molecule has 0 aliphatic heterocycles. The Hall–Kier alpha value is -1.97. The molecule has 0 radical (unpaired) electrons. The van der Waals surface area contributed by atoms with Gasteiger partial charge < -0.3 is 4.74 Å². The molecule has 0 aliphatic rings. The molecule has 1 heterocycles. The average Bonchev–Trinajstić information content (AvgIpc) is 2.24. The molecule has 0 saturated carbocycles. The zero-order valence-corrected chi connectivity index (χ0v) is 9.07. The normalized spacial score (nSPS) is 10.2. The number of benzene rings is 1. The molecule has 0 unspecified atom stereocenters. The number of nitrogens with zero attached hydrogens (tertiary/aromatic N) is 2. The molecule has 1 aromatic carbocycles. The Morgan fingerprint density at radius 2 is 1.88 bits per heavy atom. The molecule has 0 bridgehead atoms. The van der Waals surface area contributed by atoms with Gasteiger partial charge in [0, 0.05) is 0 Å². The highest BCUT2D eigenvalue weighted by atomic mass is 19.1. The van der Waals surface area contributed by atoms with E-state index in [-0.39, 0.29) is 5.88 Å². The van der Waals surface area contributed by atoms with Crippen LogP contribution in [0.25, 0.3) is 0 Å². The van der Waals surface area contributed by atoms with Crippen molar-refractivity contribution in [3.63, 3.8) is 0 Å². The minimum atomic E-state index is -0.603. The van der Waals surface area contributed by atoms with Gasteiger partial charge in [0.2, 0.25) is 11.8 Å². The molecule has 82 valence electrons. The van der Waals surface area contributed by atoms with Crippen LogP contribution in [-0.4, -0.2) is 9.97 Å². The summed E-state index contributed by atoms with van der Waals surface area (Å²) < 4.78 is 18.2. The van der Waals surface area contributed by atoms with Crippen molar-refractivity contribution in [2.24, 2.45) is 0 Å². The summed E-state index contributed by atoms with van der Waals surface area (Å²) in [5.74, 6) is 0.241. The molecule has 0 atom stereocenters. The highest BCUT2D eigenvalue weighted by molar-refractivity contribution is 5.35. The first kappa shape index (κ1) is 10.5. The first-order valence-corrected chi connectivity index (χ1v) is 4.88. The molecule has 0 amide bonds. The lowest BCUT2D eigenvalue weighted by atomic mass is 10.1. The van der Waals surface area contributed by atoms with Crippen LogP contribution in [0.5, 0.6) is 11.6 Å². The quantitative estimate of drug-likeness (QED) is 0.727. The van der Waals surface area contributed by atoms with E-state index in [9.17, 15) is 4.39 Å². The van der Waals surface area contributed by atoms with E-state index < -0.39 is 5.95 Å². The lowest BCUT2D eigenvalue weighted by Crippen LogP contribution is -1.92. The molecule has 16 heavy (non-hydrogen) atoms. The molecule has 0 N–H and O–H groups in total. The van der Waals surface area contributed by atoms with Crippen molar-refractivity contribution in [1.29, 1.82) is 0 Å². The van der Waals surface area contributed by atoms with Gasteiger partial charge >= 0.3 is 0 Å². The van der Waals surface area contributed by atoms with Gasteiger partial charge in [0.15, 0.2) is 0 Å². The van der Waals surface area contributed by atoms with Crippen molar-refractivity contribution in [2.45, 2.75) is 13.8 Å². The lowest BCUT2D eigenvalue weighted by Gasteiger charge is -2.06. The fourth-order valence-electron chi connectivity index (χ4n) is 1.27. The highest BCUT2D eigenvalue weighted by Crippen LogP contribution is 2.21. The van der Waals surface area contributed by atoms with Gasteiger partial charge in [-0.05, 0) is 37.1 Å². The van der Waals surface area contributed by atoms with Crippen molar-refractivity contribution >= 4 is 0 Å². The molecule has 2 rings (SSSR count). The summed E-state index contributed by atoms with van der Waals surface area (Å²) in [7, 11) is 0. The monoisotopic (exact) mass is 218 g/mol. The smallest absolute Gasteiger partial charge is 0.225 e. The second-order valence-corrected chi connectivity index (χ2v) is 3.53. The van der Waals surface area contributed by atoms with Crippen LogP contribution in [0.15, 0.2) is 30.6 Å². The van der Waals surface area contributed by atoms with Gasteiger partial charge in [-0.3, -0.25) is 0 Å². The summed E-state index contributed by atoms with van der Waals surface area (Å²) in [6.45, 7) is 4.01. The fourth-order valence-corrected chi connectivity index (χ4v) is 1.27. The first-order valence-electron chi connectivity index (χ1n) is 4.88. The van der Waals surface area contributed by atoms with E-state index in [1.807, 2.05) is 32.0 Å². The van der Waals surface area contributed by atoms with Gasteiger partial charge in [0.1, 0.15) is 12.1 Å². The number of halogens is 1. The minimum Gasteiger partial charge on any atom is -0.439 e. The first-order chi connectivity index (χ1) is 7.65. The van der Waals surface area contributed by atoms with Crippen molar-refractivity contribution < 1.29 is 9.13 Å². The van der Waals surface area contributed by atoms with Gasteiger partial charge in [-0.25, -0.2) is 9.97 Å². The van der Waals surface area contributed by atoms with Crippen molar-refractivity contribution in [3.05, 3.63) is 47.7 Å². The SMILES string of the molecule is Cc1ccc(Oc2cc(F)ncn2)cc1C. The number of ether oxygens (including phenoxy) is 1. The Bertz CT molecular complexity index is 514. The molecular formula is C12H11FN2O.